The lowest BCUT2D eigenvalue weighted by atomic mass is 10.1. The molecule has 1 aromatic heterocycles. The monoisotopic (exact) mass is 349 g/mol. The zero-order chi connectivity index (χ0) is 18.7. The minimum absolute atomic E-state index is 0.163. The van der Waals surface area contributed by atoms with E-state index in [1.54, 1.807) is 18.2 Å². The van der Waals surface area contributed by atoms with Gasteiger partial charge in [-0.3, -0.25) is 9.59 Å². The number of hydrogen-bond donors (Lipinski definition) is 1. The molecular formula is C21H23N3O2. The van der Waals surface area contributed by atoms with Crippen molar-refractivity contribution < 1.29 is 4.79 Å². The Labute approximate surface area is 152 Å². The van der Waals surface area contributed by atoms with Gasteiger partial charge in [0, 0.05) is 17.6 Å². The molecule has 0 bridgehead atoms. The minimum atomic E-state index is -0.296. The van der Waals surface area contributed by atoms with Gasteiger partial charge in [0.2, 0.25) is 0 Å². The minimum Gasteiger partial charge on any atom is -0.320 e. The molecule has 0 spiro atoms. The third kappa shape index (κ3) is 3.25. The van der Waals surface area contributed by atoms with Crippen molar-refractivity contribution in [1.82, 2.24) is 9.78 Å². The second-order valence-corrected chi connectivity index (χ2v) is 6.34. The number of amides is 1. The van der Waals surface area contributed by atoms with Crippen LogP contribution in [0.4, 0.5) is 5.69 Å². The van der Waals surface area contributed by atoms with Crippen LogP contribution in [0.3, 0.4) is 0 Å². The summed E-state index contributed by atoms with van der Waals surface area (Å²) in [5.41, 5.74) is 3.01. The summed E-state index contributed by atoms with van der Waals surface area (Å²) in [5, 5.41) is 8.47. The van der Waals surface area contributed by atoms with Gasteiger partial charge in [0.05, 0.1) is 5.39 Å². The molecule has 0 saturated heterocycles. The summed E-state index contributed by atoms with van der Waals surface area (Å²) in [4.78, 5) is 25.6. The number of carbonyl (C=O) groups excluding carboxylic acids is 1. The Morgan fingerprint density at radius 3 is 2.50 bits per heavy atom. The molecule has 2 aromatic carbocycles. The first kappa shape index (κ1) is 17.9. The predicted octanol–water partition coefficient (Wildman–Crippen LogP) is 3.93. The van der Waals surface area contributed by atoms with Crippen molar-refractivity contribution in [3.8, 4) is 0 Å². The van der Waals surface area contributed by atoms with Crippen molar-refractivity contribution in [3.05, 3.63) is 69.6 Å². The third-order valence-electron chi connectivity index (χ3n) is 4.50. The lowest BCUT2D eigenvalue weighted by Crippen LogP contribution is -2.27. The van der Waals surface area contributed by atoms with Crippen LogP contribution in [0.1, 0.15) is 41.9 Å². The van der Waals surface area contributed by atoms with Crippen LogP contribution in [0.15, 0.2) is 47.3 Å². The molecular weight excluding hydrogens is 326 g/mol. The number of aryl methyl sites for hydroxylation is 3. The maximum Gasteiger partial charge on any atom is 0.276 e. The molecule has 0 saturated carbocycles. The Kier molecular flexibility index (Phi) is 5.16. The van der Waals surface area contributed by atoms with Gasteiger partial charge in [-0.25, -0.2) is 4.68 Å². The van der Waals surface area contributed by atoms with Gasteiger partial charge in [0.25, 0.3) is 11.5 Å². The molecule has 1 heterocycles. The van der Waals surface area contributed by atoms with Crippen LogP contribution < -0.4 is 10.9 Å². The van der Waals surface area contributed by atoms with Gasteiger partial charge in [-0.2, -0.15) is 5.10 Å². The smallest absolute Gasteiger partial charge is 0.276 e. The van der Waals surface area contributed by atoms with Gasteiger partial charge in [0.15, 0.2) is 5.69 Å². The number of rotatable bonds is 5. The van der Waals surface area contributed by atoms with Crippen molar-refractivity contribution in [2.24, 2.45) is 0 Å². The van der Waals surface area contributed by atoms with E-state index in [-0.39, 0.29) is 17.2 Å². The van der Waals surface area contributed by atoms with Crippen LogP contribution in [0.25, 0.3) is 10.8 Å². The van der Waals surface area contributed by atoms with Crippen molar-refractivity contribution in [2.45, 2.75) is 40.2 Å². The number of nitrogens with zero attached hydrogens (tertiary/aromatic N) is 2. The lowest BCUT2D eigenvalue weighted by molar-refractivity contribution is 0.102. The zero-order valence-corrected chi connectivity index (χ0v) is 15.4. The molecule has 0 fully saturated rings. The highest BCUT2D eigenvalue weighted by molar-refractivity contribution is 6.11. The normalized spacial score (nSPS) is 10.9. The van der Waals surface area contributed by atoms with E-state index in [1.807, 2.05) is 38.1 Å². The molecule has 0 aliphatic rings. The average molecular weight is 349 g/mol. The summed E-state index contributed by atoms with van der Waals surface area (Å²) in [7, 11) is 0. The Bertz CT molecular complexity index is 1020. The first-order chi connectivity index (χ1) is 12.6. The van der Waals surface area contributed by atoms with Crippen molar-refractivity contribution in [3.63, 3.8) is 0 Å². The Hall–Kier alpha value is -2.95. The van der Waals surface area contributed by atoms with Gasteiger partial charge in [-0.05, 0) is 37.0 Å². The molecule has 3 rings (SSSR count). The van der Waals surface area contributed by atoms with Crippen LogP contribution in [0.5, 0.6) is 0 Å². The molecule has 5 heteroatoms. The maximum absolute atomic E-state index is 13.0. The molecule has 5 nitrogen and oxygen atoms in total. The van der Waals surface area contributed by atoms with E-state index in [2.05, 4.69) is 17.3 Å². The van der Waals surface area contributed by atoms with Gasteiger partial charge in [0.1, 0.15) is 0 Å². The highest BCUT2D eigenvalue weighted by Gasteiger charge is 2.18. The maximum atomic E-state index is 13.0. The van der Waals surface area contributed by atoms with Crippen molar-refractivity contribution in [2.75, 3.05) is 5.32 Å². The number of para-hydroxylation sites is 1. The molecule has 1 amide bonds. The molecule has 3 aromatic rings. The number of nitrogens with one attached hydrogen (secondary N) is 1. The molecule has 0 aliphatic carbocycles. The third-order valence-corrected chi connectivity index (χ3v) is 4.50. The highest BCUT2D eigenvalue weighted by atomic mass is 16.2. The second kappa shape index (κ2) is 7.52. The molecule has 134 valence electrons. The Balaban J connectivity index is 2.12. The standard InChI is InChI=1S/C21H23N3O2/c1-4-13-24-21(26)17-12-7-6-11-16(17)19(23-24)20(25)22-18-14(3)9-8-10-15(18)5-2/h6-12H,4-5,13H2,1-3H3,(H,22,25). The van der Waals surface area contributed by atoms with Gasteiger partial charge in [-0.15, -0.1) is 0 Å². The quantitative estimate of drug-likeness (QED) is 0.759. The fourth-order valence-electron chi connectivity index (χ4n) is 3.14. The highest BCUT2D eigenvalue weighted by Crippen LogP contribution is 2.23. The fraction of sp³-hybridized carbons (Fsp3) is 0.286. The van der Waals surface area contributed by atoms with E-state index >= 15 is 0 Å². The van der Waals surface area contributed by atoms with E-state index in [0.29, 0.717) is 17.3 Å². The summed E-state index contributed by atoms with van der Waals surface area (Å²) in [6, 6.07) is 13.1. The molecule has 0 unspecified atom stereocenters. The number of carbonyl (C=O) groups is 1. The molecule has 0 atom stereocenters. The van der Waals surface area contributed by atoms with Crippen molar-refractivity contribution >= 4 is 22.4 Å². The topological polar surface area (TPSA) is 64.0 Å². The van der Waals surface area contributed by atoms with Crippen molar-refractivity contribution in [1.29, 1.82) is 0 Å². The Morgan fingerprint density at radius 1 is 1.08 bits per heavy atom. The molecule has 1 N–H and O–H groups in total. The summed E-state index contributed by atoms with van der Waals surface area (Å²) >= 11 is 0. The van der Waals surface area contributed by atoms with Crippen LogP contribution in [-0.2, 0) is 13.0 Å². The first-order valence-corrected chi connectivity index (χ1v) is 8.96. The van der Waals surface area contributed by atoms with Crippen LogP contribution in [0.2, 0.25) is 0 Å². The SMILES string of the molecule is CCCn1nc(C(=O)Nc2c(C)cccc2CC)c2ccccc2c1=O. The van der Waals surface area contributed by atoms with E-state index in [1.165, 1.54) is 4.68 Å². The molecule has 26 heavy (non-hydrogen) atoms. The van der Waals surface area contributed by atoms with Crippen LogP contribution in [-0.4, -0.2) is 15.7 Å². The molecule has 0 radical (unpaired) electrons. The number of fused-ring (bicyclic) bond motifs is 1. The Morgan fingerprint density at radius 2 is 1.81 bits per heavy atom. The average Bonchev–Trinajstić information content (AvgIpc) is 2.65. The van der Waals surface area contributed by atoms with E-state index in [0.717, 1.165) is 29.7 Å². The second-order valence-electron chi connectivity index (χ2n) is 6.34. The van der Waals surface area contributed by atoms with E-state index < -0.39 is 0 Å². The van der Waals surface area contributed by atoms with Gasteiger partial charge < -0.3 is 5.32 Å². The first-order valence-electron chi connectivity index (χ1n) is 8.96. The van der Waals surface area contributed by atoms with E-state index in [4.69, 9.17) is 0 Å². The summed E-state index contributed by atoms with van der Waals surface area (Å²) in [6.07, 6.45) is 1.59. The van der Waals surface area contributed by atoms with E-state index in [9.17, 15) is 9.59 Å². The van der Waals surface area contributed by atoms with Gasteiger partial charge >= 0.3 is 0 Å². The summed E-state index contributed by atoms with van der Waals surface area (Å²) < 4.78 is 1.38. The van der Waals surface area contributed by atoms with Gasteiger partial charge in [-0.1, -0.05) is 50.2 Å². The summed E-state index contributed by atoms with van der Waals surface area (Å²) in [5.74, 6) is -0.296. The number of hydrogen-bond acceptors (Lipinski definition) is 3. The lowest BCUT2D eigenvalue weighted by Gasteiger charge is -2.14. The number of benzene rings is 2. The fourth-order valence-corrected chi connectivity index (χ4v) is 3.14. The predicted molar refractivity (Wildman–Crippen MR) is 105 cm³/mol. The number of aromatic nitrogens is 2. The largest absolute Gasteiger partial charge is 0.320 e. The zero-order valence-electron chi connectivity index (χ0n) is 15.4. The number of anilines is 1. The van der Waals surface area contributed by atoms with Crippen LogP contribution in [0, 0.1) is 6.92 Å². The van der Waals surface area contributed by atoms with Crippen LogP contribution >= 0.6 is 0 Å². The molecule has 0 aliphatic heterocycles. The summed E-state index contributed by atoms with van der Waals surface area (Å²) in [6.45, 7) is 6.48.